The number of aliphatic carboxylic acids is 1. The van der Waals surface area contributed by atoms with Crippen molar-refractivity contribution in [1.29, 1.82) is 0 Å². The zero-order valence-corrected chi connectivity index (χ0v) is 15.4. The average molecular weight is 358 g/mol. The van der Waals surface area contributed by atoms with Crippen LogP contribution in [0.25, 0.3) is 0 Å². The van der Waals surface area contributed by atoms with Crippen LogP contribution in [0.1, 0.15) is 37.3 Å². The van der Waals surface area contributed by atoms with E-state index < -0.39 is 11.9 Å². The Morgan fingerprint density at radius 2 is 1.81 bits per heavy atom. The molecule has 2 fully saturated rings. The molecule has 1 aromatic rings. The van der Waals surface area contributed by atoms with Gasteiger partial charge in [0.2, 0.25) is 11.8 Å². The first kappa shape index (κ1) is 18.4. The highest BCUT2D eigenvalue weighted by atomic mass is 16.4. The summed E-state index contributed by atoms with van der Waals surface area (Å²) < 4.78 is 0. The molecule has 1 N–H and O–H groups in total. The molecule has 0 bridgehead atoms. The standard InChI is InChI=1S/C20H26N2O4/c1-13-3-6-15(7-4-13)10-21-11-17(9-18(21)23)19(24)22-12-16(20(25)26)8-5-14(22)2/h3-4,6-7,14,16-17H,5,8-12H2,1-2H3,(H,25,26). The van der Waals surface area contributed by atoms with Crippen molar-refractivity contribution in [1.82, 2.24) is 9.80 Å². The van der Waals surface area contributed by atoms with E-state index in [1.165, 1.54) is 5.56 Å². The highest BCUT2D eigenvalue weighted by molar-refractivity contribution is 5.89. The molecule has 0 spiro atoms. The minimum Gasteiger partial charge on any atom is -0.481 e. The Kier molecular flexibility index (Phi) is 5.30. The molecule has 0 radical (unpaired) electrons. The van der Waals surface area contributed by atoms with Crippen LogP contribution in [0, 0.1) is 18.8 Å². The summed E-state index contributed by atoms with van der Waals surface area (Å²) in [5, 5.41) is 9.26. The van der Waals surface area contributed by atoms with Gasteiger partial charge in [0, 0.05) is 32.1 Å². The Hall–Kier alpha value is -2.37. The molecule has 2 aliphatic rings. The number of carbonyl (C=O) groups is 3. The lowest BCUT2D eigenvalue weighted by Crippen LogP contribution is -2.49. The maximum Gasteiger partial charge on any atom is 0.308 e. The molecule has 2 amide bonds. The fourth-order valence-electron chi connectivity index (χ4n) is 3.85. The normalized spacial score (nSPS) is 26.2. The lowest BCUT2D eigenvalue weighted by atomic mass is 9.92. The van der Waals surface area contributed by atoms with Crippen LogP contribution in [0.4, 0.5) is 0 Å². The van der Waals surface area contributed by atoms with E-state index >= 15 is 0 Å². The van der Waals surface area contributed by atoms with Gasteiger partial charge in [-0.3, -0.25) is 14.4 Å². The molecule has 3 atom stereocenters. The summed E-state index contributed by atoms with van der Waals surface area (Å²) in [6.45, 7) is 5.14. The van der Waals surface area contributed by atoms with Crippen LogP contribution in [-0.2, 0) is 20.9 Å². The van der Waals surface area contributed by atoms with E-state index in [4.69, 9.17) is 0 Å². The lowest BCUT2D eigenvalue weighted by molar-refractivity contribution is -0.148. The van der Waals surface area contributed by atoms with Gasteiger partial charge in [0.1, 0.15) is 0 Å². The number of carbonyl (C=O) groups excluding carboxylic acids is 2. The zero-order valence-electron chi connectivity index (χ0n) is 15.4. The van der Waals surface area contributed by atoms with Crippen molar-refractivity contribution in [2.45, 2.75) is 45.7 Å². The van der Waals surface area contributed by atoms with Gasteiger partial charge in [-0.05, 0) is 32.3 Å². The summed E-state index contributed by atoms with van der Waals surface area (Å²) in [5.74, 6) is -1.82. The van der Waals surface area contributed by atoms with Crippen molar-refractivity contribution in [2.75, 3.05) is 13.1 Å². The predicted molar refractivity (Wildman–Crippen MR) is 96.2 cm³/mol. The highest BCUT2D eigenvalue weighted by Gasteiger charge is 2.40. The quantitative estimate of drug-likeness (QED) is 0.894. The van der Waals surface area contributed by atoms with E-state index in [2.05, 4.69) is 0 Å². The minimum atomic E-state index is -0.849. The van der Waals surface area contributed by atoms with Gasteiger partial charge in [0.05, 0.1) is 11.8 Å². The Morgan fingerprint density at radius 3 is 2.46 bits per heavy atom. The molecule has 1 aromatic carbocycles. The van der Waals surface area contributed by atoms with Gasteiger partial charge < -0.3 is 14.9 Å². The Labute approximate surface area is 153 Å². The van der Waals surface area contributed by atoms with E-state index in [9.17, 15) is 19.5 Å². The summed E-state index contributed by atoms with van der Waals surface area (Å²) in [5.41, 5.74) is 2.22. The van der Waals surface area contributed by atoms with Crippen molar-refractivity contribution >= 4 is 17.8 Å². The number of aryl methyl sites for hydroxylation is 1. The zero-order chi connectivity index (χ0) is 18.8. The Balaban J connectivity index is 1.64. The lowest BCUT2D eigenvalue weighted by Gasteiger charge is -2.37. The highest BCUT2D eigenvalue weighted by Crippen LogP contribution is 2.28. The van der Waals surface area contributed by atoms with E-state index in [1.807, 2.05) is 38.1 Å². The first-order chi connectivity index (χ1) is 12.3. The molecule has 6 heteroatoms. The molecule has 3 rings (SSSR count). The molecule has 2 aliphatic heterocycles. The van der Waals surface area contributed by atoms with Gasteiger partial charge in [-0.15, -0.1) is 0 Å². The molecule has 2 saturated heterocycles. The van der Waals surface area contributed by atoms with Crippen molar-refractivity contribution in [3.63, 3.8) is 0 Å². The maximum absolute atomic E-state index is 12.9. The summed E-state index contributed by atoms with van der Waals surface area (Å²) >= 11 is 0. The van der Waals surface area contributed by atoms with Gasteiger partial charge in [-0.25, -0.2) is 0 Å². The van der Waals surface area contributed by atoms with Gasteiger partial charge in [-0.1, -0.05) is 29.8 Å². The van der Waals surface area contributed by atoms with Gasteiger partial charge >= 0.3 is 5.97 Å². The topological polar surface area (TPSA) is 77.9 Å². The van der Waals surface area contributed by atoms with Crippen LogP contribution in [-0.4, -0.2) is 51.8 Å². The summed E-state index contributed by atoms with van der Waals surface area (Å²) in [6.07, 6.45) is 1.51. The number of amides is 2. The third-order valence-electron chi connectivity index (χ3n) is 5.57. The summed E-state index contributed by atoms with van der Waals surface area (Å²) in [4.78, 5) is 40.0. The Morgan fingerprint density at radius 1 is 1.12 bits per heavy atom. The monoisotopic (exact) mass is 358 g/mol. The molecule has 0 aromatic heterocycles. The third kappa shape index (κ3) is 3.89. The van der Waals surface area contributed by atoms with Gasteiger partial charge in [-0.2, -0.15) is 0 Å². The molecule has 140 valence electrons. The number of hydrogen-bond acceptors (Lipinski definition) is 3. The van der Waals surface area contributed by atoms with Crippen molar-refractivity contribution in [3.8, 4) is 0 Å². The molecule has 3 unspecified atom stereocenters. The molecular weight excluding hydrogens is 332 g/mol. The van der Waals surface area contributed by atoms with Crippen LogP contribution in [0.15, 0.2) is 24.3 Å². The van der Waals surface area contributed by atoms with Crippen LogP contribution >= 0.6 is 0 Å². The molecular formula is C20H26N2O4. The first-order valence-electron chi connectivity index (χ1n) is 9.21. The Bertz CT molecular complexity index is 700. The van der Waals surface area contributed by atoms with E-state index in [0.717, 1.165) is 5.56 Å². The van der Waals surface area contributed by atoms with Crippen molar-refractivity contribution in [2.24, 2.45) is 11.8 Å². The molecule has 2 heterocycles. The van der Waals surface area contributed by atoms with Crippen LogP contribution < -0.4 is 0 Å². The maximum atomic E-state index is 12.9. The molecule has 26 heavy (non-hydrogen) atoms. The second-order valence-corrected chi connectivity index (χ2v) is 7.61. The van der Waals surface area contributed by atoms with Gasteiger partial charge in [0.15, 0.2) is 0 Å². The molecule has 0 aliphatic carbocycles. The van der Waals surface area contributed by atoms with Crippen molar-refractivity contribution < 1.29 is 19.5 Å². The SMILES string of the molecule is Cc1ccc(CN2CC(C(=O)N3CC(C(=O)O)CCC3C)CC2=O)cc1. The number of likely N-dealkylation sites (tertiary alicyclic amines) is 2. The number of hydrogen-bond donors (Lipinski definition) is 1. The van der Waals surface area contributed by atoms with Crippen LogP contribution in [0.2, 0.25) is 0 Å². The van der Waals surface area contributed by atoms with Gasteiger partial charge in [0.25, 0.3) is 0 Å². The fraction of sp³-hybridized carbons (Fsp3) is 0.550. The second-order valence-electron chi connectivity index (χ2n) is 7.61. The number of carboxylic acid groups (broad SMARTS) is 1. The molecule has 0 saturated carbocycles. The number of nitrogens with zero attached hydrogens (tertiary/aromatic N) is 2. The molecule has 6 nitrogen and oxygen atoms in total. The summed E-state index contributed by atoms with van der Waals surface area (Å²) in [7, 11) is 0. The number of rotatable bonds is 4. The van der Waals surface area contributed by atoms with E-state index in [0.29, 0.717) is 25.9 Å². The first-order valence-corrected chi connectivity index (χ1v) is 9.21. The largest absolute Gasteiger partial charge is 0.481 e. The van der Waals surface area contributed by atoms with Crippen LogP contribution in [0.3, 0.4) is 0 Å². The van der Waals surface area contributed by atoms with E-state index in [1.54, 1.807) is 9.80 Å². The predicted octanol–water partition coefficient (Wildman–Crippen LogP) is 2.06. The summed E-state index contributed by atoms with van der Waals surface area (Å²) in [6, 6.07) is 8.06. The smallest absolute Gasteiger partial charge is 0.308 e. The number of piperidine rings is 1. The average Bonchev–Trinajstić information content (AvgIpc) is 2.97. The number of carboxylic acids is 1. The van der Waals surface area contributed by atoms with Crippen molar-refractivity contribution in [3.05, 3.63) is 35.4 Å². The fourth-order valence-corrected chi connectivity index (χ4v) is 3.85. The third-order valence-corrected chi connectivity index (χ3v) is 5.57. The number of benzene rings is 1. The second kappa shape index (κ2) is 7.48. The minimum absolute atomic E-state index is 0.0108. The van der Waals surface area contributed by atoms with Crippen LogP contribution in [0.5, 0.6) is 0 Å². The van der Waals surface area contributed by atoms with E-state index in [-0.39, 0.29) is 36.7 Å².